The molecular weight excluding hydrogens is 226 g/mol. The highest BCUT2D eigenvalue weighted by Crippen LogP contribution is 2.18. The number of hydrogen-bond acceptors (Lipinski definition) is 3. The van der Waals surface area contributed by atoms with Crippen LogP contribution in [0.3, 0.4) is 0 Å². The number of aliphatic hydroxyl groups is 1. The maximum absolute atomic E-state index is 9.40. The van der Waals surface area contributed by atoms with Crippen LogP contribution >= 0.6 is 0 Å². The van der Waals surface area contributed by atoms with E-state index in [1.165, 1.54) is 0 Å². The van der Waals surface area contributed by atoms with E-state index in [-0.39, 0.29) is 0 Å². The minimum atomic E-state index is -0.447. The molecule has 3 heteroatoms. The van der Waals surface area contributed by atoms with Crippen LogP contribution in [0.15, 0.2) is 42.5 Å². The van der Waals surface area contributed by atoms with Gasteiger partial charge in [-0.25, -0.2) is 0 Å². The first-order valence-electron chi connectivity index (χ1n) is 5.98. The molecule has 0 amide bonds. The molecule has 2 rings (SSSR count). The van der Waals surface area contributed by atoms with Gasteiger partial charge in [-0.15, -0.1) is 0 Å². The van der Waals surface area contributed by atoms with Gasteiger partial charge in [0.1, 0.15) is 12.4 Å². The van der Waals surface area contributed by atoms with Gasteiger partial charge in [-0.1, -0.05) is 18.2 Å². The Morgan fingerprint density at radius 1 is 1.17 bits per heavy atom. The third kappa shape index (κ3) is 3.31. The van der Waals surface area contributed by atoms with Crippen molar-refractivity contribution in [3.8, 4) is 5.75 Å². The molecule has 18 heavy (non-hydrogen) atoms. The molecule has 2 aromatic rings. The summed E-state index contributed by atoms with van der Waals surface area (Å²) in [7, 11) is 0. The largest absolute Gasteiger partial charge is 0.487 e. The summed E-state index contributed by atoms with van der Waals surface area (Å²) >= 11 is 0. The molecule has 0 unspecified atom stereocenters. The fourth-order valence-corrected chi connectivity index (χ4v) is 1.68. The maximum Gasteiger partial charge on any atom is 0.130 e. The molecule has 3 nitrogen and oxygen atoms in total. The molecule has 0 fully saturated rings. The summed E-state index contributed by atoms with van der Waals surface area (Å²) < 4.78 is 5.64. The molecule has 94 valence electrons. The van der Waals surface area contributed by atoms with Gasteiger partial charge in [-0.05, 0) is 43.7 Å². The Balaban J connectivity index is 1.98. The lowest BCUT2D eigenvalue weighted by molar-refractivity contribution is 0.199. The molecule has 0 saturated heterocycles. The van der Waals surface area contributed by atoms with E-state index in [1.54, 1.807) is 6.92 Å². The summed E-state index contributed by atoms with van der Waals surface area (Å²) in [6.45, 7) is 4.16. The van der Waals surface area contributed by atoms with Crippen molar-refractivity contribution in [2.45, 2.75) is 26.6 Å². The number of ether oxygens (including phenoxy) is 1. The summed E-state index contributed by atoms with van der Waals surface area (Å²) in [4.78, 5) is 4.37. The first-order chi connectivity index (χ1) is 8.65. The van der Waals surface area contributed by atoms with E-state index < -0.39 is 6.10 Å². The molecule has 0 aliphatic carbocycles. The number of aryl methyl sites for hydroxylation is 1. The van der Waals surface area contributed by atoms with Crippen LogP contribution in [0, 0.1) is 6.92 Å². The van der Waals surface area contributed by atoms with Crippen molar-refractivity contribution in [3.63, 3.8) is 0 Å². The van der Waals surface area contributed by atoms with Crippen LogP contribution in [0.25, 0.3) is 0 Å². The van der Waals surface area contributed by atoms with Gasteiger partial charge in [0.2, 0.25) is 0 Å². The number of benzene rings is 1. The van der Waals surface area contributed by atoms with Crippen molar-refractivity contribution >= 4 is 0 Å². The summed E-state index contributed by atoms with van der Waals surface area (Å²) in [5.41, 5.74) is 2.78. The summed E-state index contributed by atoms with van der Waals surface area (Å²) in [6.07, 6.45) is -0.447. The maximum atomic E-state index is 9.40. The van der Waals surface area contributed by atoms with Crippen LogP contribution < -0.4 is 4.74 Å². The summed E-state index contributed by atoms with van der Waals surface area (Å²) in [6, 6.07) is 13.3. The lowest BCUT2D eigenvalue weighted by Crippen LogP contribution is -1.99. The van der Waals surface area contributed by atoms with E-state index >= 15 is 0 Å². The second-order valence-corrected chi connectivity index (χ2v) is 4.30. The molecule has 0 bridgehead atoms. The van der Waals surface area contributed by atoms with Crippen LogP contribution in [0.5, 0.6) is 5.75 Å². The Kier molecular flexibility index (Phi) is 3.95. The first-order valence-corrected chi connectivity index (χ1v) is 5.98. The van der Waals surface area contributed by atoms with Gasteiger partial charge in [-0.2, -0.15) is 0 Å². The topological polar surface area (TPSA) is 42.4 Å². The fraction of sp³-hybridized carbons (Fsp3) is 0.267. The Morgan fingerprint density at radius 3 is 2.50 bits per heavy atom. The van der Waals surface area contributed by atoms with Gasteiger partial charge in [0.25, 0.3) is 0 Å². The molecule has 0 saturated carbocycles. The van der Waals surface area contributed by atoms with E-state index in [9.17, 15) is 5.11 Å². The molecule has 0 aliphatic rings. The zero-order valence-corrected chi connectivity index (χ0v) is 10.6. The Morgan fingerprint density at radius 2 is 1.89 bits per heavy atom. The van der Waals surface area contributed by atoms with Gasteiger partial charge in [0.05, 0.1) is 11.8 Å². The molecule has 0 radical (unpaired) electrons. The average Bonchev–Trinajstić information content (AvgIpc) is 2.37. The van der Waals surface area contributed by atoms with E-state index in [0.717, 1.165) is 22.7 Å². The first kappa shape index (κ1) is 12.6. The Hall–Kier alpha value is -1.87. The summed E-state index contributed by atoms with van der Waals surface area (Å²) in [5, 5.41) is 9.40. The second kappa shape index (κ2) is 5.65. The van der Waals surface area contributed by atoms with Crippen LogP contribution in [0.2, 0.25) is 0 Å². The van der Waals surface area contributed by atoms with Crippen molar-refractivity contribution in [1.82, 2.24) is 4.98 Å². The number of hydrogen-bond donors (Lipinski definition) is 1. The van der Waals surface area contributed by atoms with E-state index in [1.807, 2.05) is 49.4 Å². The Labute approximate surface area is 107 Å². The van der Waals surface area contributed by atoms with Crippen LogP contribution in [0.1, 0.15) is 30.0 Å². The third-order valence-corrected chi connectivity index (χ3v) is 2.70. The fourth-order valence-electron chi connectivity index (χ4n) is 1.68. The monoisotopic (exact) mass is 243 g/mol. The highest BCUT2D eigenvalue weighted by Gasteiger charge is 2.01. The average molecular weight is 243 g/mol. The zero-order valence-electron chi connectivity index (χ0n) is 10.6. The van der Waals surface area contributed by atoms with Crippen molar-refractivity contribution in [2.24, 2.45) is 0 Å². The standard InChI is InChI=1S/C15H17NO2/c1-11-4-3-5-14(16-11)10-18-15-8-6-13(7-9-15)12(2)17/h3-9,12,17H,10H2,1-2H3/t12-/m1/s1. The number of rotatable bonds is 4. The number of nitrogens with zero attached hydrogens (tertiary/aromatic N) is 1. The minimum Gasteiger partial charge on any atom is -0.487 e. The minimum absolute atomic E-state index is 0.447. The molecule has 1 aromatic carbocycles. The molecule has 1 N–H and O–H groups in total. The van der Waals surface area contributed by atoms with E-state index in [2.05, 4.69) is 4.98 Å². The second-order valence-electron chi connectivity index (χ2n) is 4.30. The summed E-state index contributed by atoms with van der Waals surface area (Å²) in [5.74, 6) is 0.780. The SMILES string of the molecule is Cc1cccc(COc2ccc([C@@H](C)O)cc2)n1. The third-order valence-electron chi connectivity index (χ3n) is 2.70. The van der Waals surface area contributed by atoms with Crippen molar-refractivity contribution in [1.29, 1.82) is 0 Å². The van der Waals surface area contributed by atoms with Gasteiger partial charge < -0.3 is 9.84 Å². The normalized spacial score (nSPS) is 12.2. The van der Waals surface area contributed by atoms with E-state index in [4.69, 9.17) is 4.74 Å². The number of aliphatic hydroxyl groups excluding tert-OH is 1. The lowest BCUT2D eigenvalue weighted by Gasteiger charge is -2.08. The number of aromatic nitrogens is 1. The molecular formula is C15H17NO2. The van der Waals surface area contributed by atoms with Gasteiger partial charge >= 0.3 is 0 Å². The molecule has 1 atom stereocenters. The van der Waals surface area contributed by atoms with Crippen LogP contribution in [-0.4, -0.2) is 10.1 Å². The zero-order chi connectivity index (χ0) is 13.0. The predicted octanol–water partition coefficient (Wildman–Crippen LogP) is 3.02. The van der Waals surface area contributed by atoms with Crippen molar-refractivity contribution in [3.05, 3.63) is 59.4 Å². The molecule has 1 aromatic heterocycles. The van der Waals surface area contributed by atoms with Gasteiger partial charge in [0, 0.05) is 5.69 Å². The van der Waals surface area contributed by atoms with E-state index in [0.29, 0.717) is 6.61 Å². The lowest BCUT2D eigenvalue weighted by atomic mass is 10.1. The number of pyridine rings is 1. The Bertz CT molecular complexity index is 506. The van der Waals surface area contributed by atoms with Crippen LogP contribution in [-0.2, 0) is 6.61 Å². The quantitative estimate of drug-likeness (QED) is 0.897. The highest BCUT2D eigenvalue weighted by molar-refractivity contribution is 5.28. The highest BCUT2D eigenvalue weighted by atomic mass is 16.5. The van der Waals surface area contributed by atoms with Gasteiger partial charge in [-0.3, -0.25) is 4.98 Å². The predicted molar refractivity (Wildman–Crippen MR) is 70.4 cm³/mol. The molecule has 0 spiro atoms. The molecule has 1 heterocycles. The van der Waals surface area contributed by atoms with Crippen molar-refractivity contribution in [2.75, 3.05) is 0 Å². The smallest absolute Gasteiger partial charge is 0.130 e. The van der Waals surface area contributed by atoms with Crippen molar-refractivity contribution < 1.29 is 9.84 Å². The van der Waals surface area contributed by atoms with Gasteiger partial charge in [0.15, 0.2) is 0 Å². The molecule has 0 aliphatic heterocycles. The van der Waals surface area contributed by atoms with Crippen LogP contribution in [0.4, 0.5) is 0 Å².